The number of thiocarbonyl (C=S) groups is 1. The van der Waals surface area contributed by atoms with Gasteiger partial charge in [-0.05, 0) is 43.7 Å². The van der Waals surface area contributed by atoms with Crippen molar-refractivity contribution in [2.45, 2.75) is 13.8 Å². The summed E-state index contributed by atoms with van der Waals surface area (Å²) in [7, 11) is 0. The fraction of sp³-hybridized carbons (Fsp3) is 0.143. The topological polar surface area (TPSA) is 50.9 Å². The van der Waals surface area contributed by atoms with Crippen LogP contribution >= 0.6 is 28.1 Å². The van der Waals surface area contributed by atoms with Crippen LogP contribution in [0.5, 0.6) is 0 Å². The van der Waals surface area contributed by atoms with E-state index in [4.69, 9.17) is 18.0 Å². The van der Waals surface area contributed by atoms with Crippen LogP contribution in [0.3, 0.4) is 0 Å². The van der Waals surface area contributed by atoms with Crippen LogP contribution in [0.25, 0.3) is 0 Å². The number of hydrogen-bond acceptors (Lipinski definition) is 3. The highest BCUT2D eigenvalue weighted by Gasteiger charge is 2.11. The molecule has 0 amide bonds. The van der Waals surface area contributed by atoms with Gasteiger partial charge in [-0.15, -0.1) is 0 Å². The highest BCUT2D eigenvalue weighted by atomic mass is 79.9. The number of aryl methyl sites for hydroxylation is 2. The summed E-state index contributed by atoms with van der Waals surface area (Å²) in [6.45, 7) is 3.93. The molecule has 3 N–H and O–H groups in total. The number of rotatable bonds is 3. The Bertz CT molecular complexity index is 641. The van der Waals surface area contributed by atoms with Crippen LogP contribution in [-0.2, 0) is 0 Å². The van der Waals surface area contributed by atoms with Crippen molar-refractivity contribution in [2.24, 2.45) is 5.73 Å². The zero-order valence-electron chi connectivity index (χ0n) is 10.7. The molecule has 98 valence electrons. The average Bonchev–Trinajstić information content (AvgIpc) is 2.26. The number of halogens is 1. The quantitative estimate of drug-likeness (QED) is 0.836. The molecule has 0 atom stereocenters. The summed E-state index contributed by atoms with van der Waals surface area (Å²) in [4.78, 5) is 4.84. The molecule has 1 heterocycles. The summed E-state index contributed by atoms with van der Waals surface area (Å²) >= 11 is 8.55. The van der Waals surface area contributed by atoms with Crippen LogP contribution < -0.4 is 11.1 Å². The third-order valence-corrected chi connectivity index (χ3v) is 3.38. The average molecular weight is 336 g/mol. The number of pyridine rings is 1. The fourth-order valence-electron chi connectivity index (χ4n) is 1.94. The number of aromatic nitrogens is 1. The first-order valence-electron chi connectivity index (χ1n) is 5.78. The lowest BCUT2D eigenvalue weighted by Crippen LogP contribution is -2.15. The largest absolute Gasteiger partial charge is 0.389 e. The maximum Gasteiger partial charge on any atom is 0.141 e. The number of benzene rings is 1. The molecular formula is C14H14BrN3S. The lowest BCUT2D eigenvalue weighted by molar-refractivity contribution is 1.17. The summed E-state index contributed by atoms with van der Waals surface area (Å²) in [6.07, 6.45) is 0. The van der Waals surface area contributed by atoms with E-state index in [-0.39, 0.29) is 0 Å². The first-order valence-corrected chi connectivity index (χ1v) is 6.98. The lowest BCUT2D eigenvalue weighted by Gasteiger charge is -2.14. The Morgan fingerprint density at radius 1 is 1.32 bits per heavy atom. The minimum Gasteiger partial charge on any atom is -0.389 e. The SMILES string of the molecule is Cc1cc(C)c(C(N)=S)c(Nc2cccc(Br)c2)n1. The molecule has 0 saturated heterocycles. The molecule has 1 aromatic carbocycles. The molecule has 0 bridgehead atoms. The van der Waals surface area contributed by atoms with Gasteiger partial charge in [0, 0.05) is 15.9 Å². The highest BCUT2D eigenvalue weighted by Crippen LogP contribution is 2.24. The number of nitrogens with two attached hydrogens (primary N) is 1. The van der Waals surface area contributed by atoms with Crippen LogP contribution in [0.15, 0.2) is 34.8 Å². The van der Waals surface area contributed by atoms with E-state index in [0.29, 0.717) is 10.8 Å². The number of hydrogen-bond donors (Lipinski definition) is 2. The van der Waals surface area contributed by atoms with Crippen molar-refractivity contribution in [1.29, 1.82) is 0 Å². The fourth-order valence-corrected chi connectivity index (χ4v) is 2.60. The van der Waals surface area contributed by atoms with Gasteiger partial charge < -0.3 is 11.1 Å². The van der Waals surface area contributed by atoms with Gasteiger partial charge in [0.05, 0.1) is 5.56 Å². The van der Waals surface area contributed by atoms with E-state index in [1.807, 2.05) is 44.2 Å². The van der Waals surface area contributed by atoms with Gasteiger partial charge >= 0.3 is 0 Å². The van der Waals surface area contributed by atoms with E-state index >= 15 is 0 Å². The first kappa shape index (κ1) is 14.0. The van der Waals surface area contributed by atoms with Crippen molar-refractivity contribution in [2.75, 3.05) is 5.32 Å². The Balaban J connectivity index is 2.47. The Kier molecular flexibility index (Phi) is 4.17. The molecule has 0 spiro atoms. The first-order chi connectivity index (χ1) is 8.97. The summed E-state index contributed by atoms with van der Waals surface area (Å²) < 4.78 is 0.999. The molecule has 2 aromatic rings. The van der Waals surface area contributed by atoms with Crippen molar-refractivity contribution in [3.8, 4) is 0 Å². The second kappa shape index (κ2) is 5.67. The van der Waals surface area contributed by atoms with Crippen molar-refractivity contribution in [1.82, 2.24) is 4.98 Å². The van der Waals surface area contributed by atoms with Crippen molar-refractivity contribution < 1.29 is 0 Å². The van der Waals surface area contributed by atoms with E-state index < -0.39 is 0 Å². The number of anilines is 2. The molecule has 19 heavy (non-hydrogen) atoms. The summed E-state index contributed by atoms with van der Waals surface area (Å²) in [5, 5.41) is 3.27. The van der Waals surface area contributed by atoms with Crippen molar-refractivity contribution in [3.05, 3.63) is 51.6 Å². The normalized spacial score (nSPS) is 10.3. The minimum absolute atomic E-state index is 0.350. The molecule has 0 saturated carbocycles. The van der Waals surface area contributed by atoms with Gasteiger partial charge in [-0.3, -0.25) is 0 Å². The van der Waals surface area contributed by atoms with E-state index in [1.54, 1.807) is 0 Å². The zero-order valence-corrected chi connectivity index (χ0v) is 13.1. The number of nitrogens with one attached hydrogen (secondary N) is 1. The second-order valence-electron chi connectivity index (χ2n) is 4.30. The Labute approximate surface area is 126 Å². The molecule has 0 aliphatic heterocycles. The predicted octanol–water partition coefficient (Wildman–Crippen LogP) is 3.84. The summed E-state index contributed by atoms with van der Waals surface area (Å²) in [5.41, 5.74) is 9.47. The van der Waals surface area contributed by atoms with Gasteiger partial charge in [0.1, 0.15) is 10.8 Å². The van der Waals surface area contributed by atoms with E-state index in [0.717, 1.165) is 27.0 Å². The minimum atomic E-state index is 0.350. The second-order valence-corrected chi connectivity index (χ2v) is 5.66. The summed E-state index contributed by atoms with van der Waals surface area (Å²) in [6, 6.07) is 9.83. The lowest BCUT2D eigenvalue weighted by atomic mass is 10.1. The Morgan fingerprint density at radius 3 is 2.68 bits per heavy atom. The molecule has 0 unspecified atom stereocenters. The van der Waals surface area contributed by atoms with Gasteiger partial charge in [-0.2, -0.15) is 0 Å². The van der Waals surface area contributed by atoms with Gasteiger partial charge in [0.15, 0.2) is 0 Å². The molecule has 1 aromatic heterocycles. The smallest absolute Gasteiger partial charge is 0.141 e. The zero-order chi connectivity index (χ0) is 14.0. The third-order valence-electron chi connectivity index (χ3n) is 2.68. The van der Waals surface area contributed by atoms with Crippen LogP contribution in [0.4, 0.5) is 11.5 Å². The Hall–Kier alpha value is -1.46. The molecule has 0 aliphatic rings. The molecule has 2 rings (SSSR count). The molecule has 3 nitrogen and oxygen atoms in total. The van der Waals surface area contributed by atoms with Gasteiger partial charge in [-0.1, -0.05) is 34.2 Å². The van der Waals surface area contributed by atoms with E-state index in [1.165, 1.54) is 0 Å². The third kappa shape index (κ3) is 3.30. The van der Waals surface area contributed by atoms with Gasteiger partial charge in [-0.25, -0.2) is 4.98 Å². The van der Waals surface area contributed by atoms with Crippen LogP contribution in [0, 0.1) is 13.8 Å². The van der Waals surface area contributed by atoms with Gasteiger partial charge in [0.2, 0.25) is 0 Å². The van der Waals surface area contributed by atoms with Crippen molar-refractivity contribution >= 4 is 44.6 Å². The summed E-state index contributed by atoms with van der Waals surface area (Å²) in [5.74, 6) is 0.697. The standard InChI is InChI=1S/C14H14BrN3S/c1-8-6-9(2)17-14(12(8)13(16)19)18-11-5-3-4-10(15)7-11/h3-7H,1-2H3,(H2,16,19)(H,17,18). The molecule has 0 aliphatic carbocycles. The molecule has 5 heteroatoms. The molecular weight excluding hydrogens is 322 g/mol. The molecule has 0 radical (unpaired) electrons. The van der Waals surface area contributed by atoms with Gasteiger partial charge in [0.25, 0.3) is 0 Å². The van der Waals surface area contributed by atoms with E-state index in [2.05, 4.69) is 26.2 Å². The highest BCUT2D eigenvalue weighted by molar-refractivity contribution is 9.10. The Morgan fingerprint density at radius 2 is 2.05 bits per heavy atom. The molecule has 0 fully saturated rings. The maximum absolute atomic E-state index is 5.79. The van der Waals surface area contributed by atoms with Crippen LogP contribution in [-0.4, -0.2) is 9.97 Å². The van der Waals surface area contributed by atoms with Crippen LogP contribution in [0.1, 0.15) is 16.8 Å². The van der Waals surface area contributed by atoms with Crippen LogP contribution in [0.2, 0.25) is 0 Å². The van der Waals surface area contributed by atoms with E-state index in [9.17, 15) is 0 Å². The maximum atomic E-state index is 5.79. The monoisotopic (exact) mass is 335 g/mol. The van der Waals surface area contributed by atoms with Crippen molar-refractivity contribution in [3.63, 3.8) is 0 Å². The predicted molar refractivity (Wildman–Crippen MR) is 87.0 cm³/mol. The number of nitrogens with zero attached hydrogens (tertiary/aromatic N) is 1.